The largest absolute Gasteiger partial charge is 0.448 e. The quantitative estimate of drug-likeness (QED) is 0.392. The molecule has 3 rings (SSSR count). The van der Waals surface area contributed by atoms with Crippen LogP contribution in [0.5, 0.6) is 0 Å². The average molecular weight is 455 g/mol. The highest BCUT2D eigenvalue weighted by atomic mass is 127. The number of nitrogens with one attached hydrogen (secondary N) is 2. The van der Waals surface area contributed by atoms with E-state index in [0.717, 1.165) is 3.57 Å². The van der Waals surface area contributed by atoms with Crippen molar-refractivity contribution >= 4 is 50.8 Å². The number of hydrogen-bond donors (Lipinski definition) is 3. The molecule has 0 spiro atoms. The van der Waals surface area contributed by atoms with Gasteiger partial charge >= 0.3 is 0 Å². The third-order valence-electron chi connectivity index (χ3n) is 3.51. The number of halogens is 2. The van der Waals surface area contributed by atoms with Crippen molar-refractivity contribution < 1.29 is 18.7 Å². The molecule has 2 aromatic heterocycles. The Bertz CT molecular complexity index is 913. The number of pyridine rings is 1. The van der Waals surface area contributed by atoms with Gasteiger partial charge in [0.15, 0.2) is 0 Å². The van der Waals surface area contributed by atoms with E-state index in [2.05, 4.69) is 15.6 Å². The summed E-state index contributed by atoms with van der Waals surface area (Å²) in [6.45, 7) is 0.283. The van der Waals surface area contributed by atoms with Gasteiger partial charge in [0.2, 0.25) is 5.76 Å². The lowest BCUT2D eigenvalue weighted by Crippen LogP contribution is -2.25. The van der Waals surface area contributed by atoms with E-state index in [0.29, 0.717) is 29.6 Å². The zero-order chi connectivity index (χ0) is 17.8. The smallest absolute Gasteiger partial charge is 0.289 e. The number of fused-ring (bicyclic) bond motifs is 1. The van der Waals surface area contributed by atoms with Gasteiger partial charge in [0.1, 0.15) is 17.1 Å². The Balaban J connectivity index is 1.99. The summed E-state index contributed by atoms with van der Waals surface area (Å²) in [5, 5.41) is 15.0. The fraction of sp³-hybridized carbons (Fsp3) is 0.176. The molecule has 0 saturated heterocycles. The van der Waals surface area contributed by atoms with Crippen molar-refractivity contribution in [3.05, 3.63) is 51.8 Å². The van der Waals surface area contributed by atoms with Crippen molar-refractivity contribution in [2.24, 2.45) is 0 Å². The van der Waals surface area contributed by atoms with Gasteiger partial charge in [0, 0.05) is 29.1 Å². The summed E-state index contributed by atoms with van der Waals surface area (Å²) in [4.78, 5) is 16.4. The van der Waals surface area contributed by atoms with Gasteiger partial charge in [-0.15, -0.1) is 0 Å². The Labute approximate surface area is 156 Å². The molecule has 3 N–H and O–H groups in total. The van der Waals surface area contributed by atoms with Gasteiger partial charge in [-0.1, -0.05) is 0 Å². The van der Waals surface area contributed by atoms with Gasteiger partial charge in [-0.3, -0.25) is 9.78 Å². The molecule has 0 unspecified atom stereocenters. The lowest BCUT2D eigenvalue weighted by atomic mass is 10.2. The number of furan rings is 1. The molecule has 0 aliphatic rings. The third-order valence-corrected chi connectivity index (χ3v) is 4.18. The molecular weight excluding hydrogens is 440 g/mol. The molecule has 0 fully saturated rings. The first-order valence-corrected chi connectivity index (χ1v) is 8.65. The van der Waals surface area contributed by atoms with Crippen LogP contribution in [0.1, 0.15) is 17.0 Å². The Morgan fingerprint density at radius 1 is 1.36 bits per heavy atom. The van der Waals surface area contributed by atoms with Crippen LogP contribution < -0.4 is 10.6 Å². The van der Waals surface area contributed by atoms with E-state index < -0.39 is 11.7 Å². The molecule has 130 valence electrons. The predicted molar refractivity (Wildman–Crippen MR) is 100 cm³/mol. The highest BCUT2D eigenvalue weighted by molar-refractivity contribution is 14.1. The highest BCUT2D eigenvalue weighted by Gasteiger charge is 2.21. The van der Waals surface area contributed by atoms with Crippen LogP contribution in [0, 0.1) is 9.39 Å². The molecule has 25 heavy (non-hydrogen) atoms. The minimum absolute atomic E-state index is 0.0245. The van der Waals surface area contributed by atoms with Crippen molar-refractivity contribution in [1.29, 1.82) is 0 Å². The molecule has 0 radical (unpaired) electrons. The summed E-state index contributed by atoms with van der Waals surface area (Å²) < 4.78 is 20.6. The number of carbonyl (C=O) groups excluding carboxylic acids is 1. The molecule has 2 heterocycles. The lowest BCUT2D eigenvalue weighted by molar-refractivity contribution is 0.0927. The summed E-state index contributed by atoms with van der Waals surface area (Å²) in [6.07, 6.45) is 3.53. The topological polar surface area (TPSA) is 87.4 Å². The fourth-order valence-corrected chi connectivity index (χ4v) is 2.77. The Hall–Kier alpha value is -2.20. The van der Waals surface area contributed by atoms with Gasteiger partial charge < -0.3 is 20.2 Å². The normalized spacial score (nSPS) is 10.8. The third kappa shape index (κ3) is 3.90. The lowest BCUT2D eigenvalue weighted by Gasteiger charge is -2.09. The Morgan fingerprint density at radius 3 is 2.96 bits per heavy atom. The van der Waals surface area contributed by atoms with Crippen LogP contribution in [-0.4, -0.2) is 29.1 Å². The first-order chi connectivity index (χ1) is 12.1. The summed E-state index contributed by atoms with van der Waals surface area (Å²) in [5.74, 6) is -0.839. The second-order valence-electron chi connectivity index (χ2n) is 5.26. The zero-order valence-corrected chi connectivity index (χ0v) is 15.2. The molecule has 3 aromatic rings. The standard InChI is InChI=1S/C17H15FIN3O3/c18-12-8-10(19)2-3-13(12)22-15-11-9-20-6-4-14(11)25-16(15)17(24)21-5-1-7-23/h2-4,6,8-9,22-23H,1,5,7H2,(H,21,24). The number of aromatic nitrogens is 1. The number of benzene rings is 1. The molecule has 8 heteroatoms. The van der Waals surface area contributed by atoms with Crippen LogP contribution in [0.3, 0.4) is 0 Å². The van der Waals surface area contributed by atoms with Gasteiger partial charge in [-0.05, 0) is 53.3 Å². The summed E-state index contributed by atoms with van der Waals surface area (Å²) in [7, 11) is 0. The summed E-state index contributed by atoms with van der Waals surface area (Å²) >= 11 is 2.02. The second-order valence-corrected chi connectivity index (χ2v) is 6.51. The van der Waals surface area contributed by atoms with Crippen LogP contribution in [-0.2, 0) is 0 Å². The molecular formula is C17H15FIN3O3. The maximum Gasteiger partial charge on any atom is 0.289 e. The van der Waals surface area contributed by atoms with E-state index in [1.807, 2.05) is 22.6 Å². The van der Waals surface area contributed by atoms with Gasteiger partial charge in [0.05, 0.1) is 11.1 Å². The fourth-order valence-electron chi connectivity index (χ4n) is 2.31. The van der Waals surface area contributed by atoms with E-state index in [1.54, 1.807) is 30.6 Å². The molecule has 6 nitrogen and oxygen atoms in total. The van der Waals surface area contributed by atoms with E-state index in [4.69, 9.17) is 9.52 Å². The molecule has 0 atom stereocenters. The minimum Gasteiger partial charge on any atom is -0.448 e. The minimum atomic E-state index is -0.446. The zero-order valence-electron chi connectivity index (χ0n) is 13.1. The molecule has 0 aliphatic heterocycles. The number of nitrogens with zero attached hydrogens (tertiary/aromatic N) is 1. The van der Waals surface area contributed by atoms with E-state index in [-0.39, 0.29) is 18.1 Å². The SMILES string of the molecule is O=C(NCCCO)c1oc2ccncc2c1Nc1ccc(I)cc1F. The molecule has 1 aromatic carbocycles. The van der Waals surface area contributed by atoms with Gasteiger partial charge in [0.25, 0.3) is 5.91 Å². The van der Waals surface area contributed by atoms with E-state index >= 15 is 0 Å². The number of hydrogen-bond acceptors (Lipinski definition) is 5. The highest BCUT2D eigenvalue weighted by Crippen LogP contribution is 2.33. The number of aliphatic hydroxyl groups excluding tert-OH is 1. The monoisotopic (exact) mass is 455 g/mol. The molecule has 0 bridgehead atoms. The predicted octanol–water partition coefficient (Wildman–Crippen LogP) is 3.43. The van der Waals surface area contributed by atoms with Crippen LogP contribution in [0.2, 0.25) is 0 Å². The second kappa shape index (κ2) is 7.79. The van der Waals surface area contributed by atoms with E-state index in [1.165, 1.54) is 6.07 Å². The van der Waals surface area contributed by atoms with Gasteiger partial charge in [-0.2, -0.15) is 0 Å². The average Bonchev–Trinajstić information content (AvgIpc) is 2.96. The van der Waals surface area contributed by atoms with Crippen LogP contribution in [0.25, 0.3) is 11.0 Å². The van der Waals surface area contributed by atoms with Crippen molar-refractivity contribution in [2.45, 2.75) is 6.42 Å². The Morgan fingerprint density at radius 2 is 2.20 bits per heavy atom. The number of rotatable bonds is 6. The molecule has 0 aliphatic carbocycles. The van der Waals surface area contributed by atoms with Gasteiger partial charge in [-0.25, -0.2) is 4.39 Å². The molecule has 1 amide bonds. The molecule has 0 saturated carbocycles. The van der Waals surface area contributed by atoms with Crippen molar-refractivity contribution in [3.8, 4) is 0 Å². The summed E-state index contributed by atoms with van der Waals surface area (Å²) in [5.41, 5.74) is 1.05. The first-order valence-electron chi connectivity index (χ1n) is 7.58. The van der Waals surface area contributed by atoms with Crippen LogP contribution in [0.4, 0.5) is 15.8 Å². The number of carbonyl (C=O) groups is 1. The maximum absolute atomic E-state index is 14.2. The maximum atomic E-state index is 14.2. The summed E-state index contributed by atoms with van der Waals surface area (Å²) in [6, 6.07) is 6.38. The number of anilines is 2. The van der Waals surface area contributed by atoms with Crippen LogP contribution >= 0.6 is 22.6 Å². The van der Waals surface area contributed by atoms with Crippen LogP contribution in [0.15, 0.2) is 41.1 Å². The van der Waals surface area contributed by atoms with E-state index in [9.17, 15) is 9.18 Å². The Kier molecular flexibility index (Phi) is 5.49. The van der Waals surface area contributed by atoms with Crippen molar-refractivity contribution in [3.63, 3.8) is 0 Å². The number of aliphatic hydroxyl groups is 1. The number of amides is 1. The van der Waals surface area contributed by atoms with Crippen molar-refractivity contribution in [2.75, 3.05) is 18.5 Å². The van der Waals surface area contributed by atoms with Crippen molar-refractivity contribution in [1.82, 2.24) is 10.3 Å². The first kappa shape index (κ1) is 17.6.